The fourth-order valence-electron chi connectivity index (χ4n) is 7.77. The molecule has 0 radical (unpaired) electrons. The molecule has 7 nitrogen and oxygen atoms in total. The first-order valence-electron chi connectivity index (χ1n) is 17.3. The Kier molecular flexibility index (Phi) is 6.18. The minimum atomic E-state index is 0.353. The second-order valence-electron chi connectivity index (χ2n) is 13.1. The zero-order chi connectivity index (χ0) is 35.0. The van der Waals surface area contributed by atoms with Crippen molar-refractivity contribution in [2.45, 2.75) is 0 Å². The van der Waals surface area contributed by atoms with Crippen LogP contribution < -0.4 is 0 Å². The van der Waals surface area contributed by atoms with Crippen molar-refractivity contribution >= 4 is 65.7 Å². The van der Waals surface area contributed by atoms with Crippen LogP contribution in [0.4, 0.5) is 0 Å². The van der Waals surface area contributed by atoms with Gasteiger partial charge in [-0.15, -0.1) is 0 Å². The molecule has 0 atom stereocenters. The minimum Gasteiger partial charge on any atom is -0.455 e. The molecule has 7 heteroatoms. The third kappa shape index (κ3) is 4.30. The van der Waals surface area contributed by atoms with Crippen molar-refractivity contribution in [2.75, 3.05) is 0 Å². The number of hydrogen-bond donors (Lipinski definition) is 0. The molecule has 0 amide bonds. The fraction of sp³-hybridized carbons (Fsp3) is 0. The predicted molar refractivity (Wildman–Crippen MR) is 210 cm³/mol. The maximum atomic E-state index is 11.0. The highest BCUT2D eigenvalue weighted by Gasteiger charge is 2.27. The molecular formula is C46H25N5O2. The molecule has 4 aromatic heterocycles. The Balaban J connectivity index is 1.29. The van der Waals surface area contributed by atoms with Gasteiger partial charge in [-0.25, -0.2) is 15.0 Å². The van der Waals surface area contributed by atoms with Crippen LogP contribution in [0.5, 0.6) is 0 Å². The predicted octanol–water partition coefficient (Wildman–Crippen LogP) is 11.6. The van der Waals surface area contributed by atoms with E-state index in [9.17, 15) is 5.26 Å². The summed E-state index contributed by atoms with van der Waals surface area (Å²) in [7, 11) is 0. The van der Waals surface area contributed by atoms with E-state index in [1.54, 1.807) is 0 Å². The highest BCUT2D eigenvalue weighted by Crippen LogP contribution is 2.46. The molecule has 11 rings (SSSR count). The largest absolute Gasteiger partial charge is 0.455 e. The summed E-state index contributed by atoms with van der Waals surface area (Å²) in [6, 6.07) is 52.8. The van der Waals surface area contributed by atoms with Crippen LogP contribution in [0.25, 0.3) is 106 Å². The molecule has 7 aromatic carbocycles. The average Bonchev–Trinajstić information content (AvgIpc) is 3.91. The number of furan rings is 2. The van der Waals surface area contributed by atoms with E-state index in [1.807, 2.05) is 109 Å². The Hall–Kier alpha value is -7.56. The molecule has 0 fully saturated rings. The first-order valence-corrected chi connectivity index (χ1v) is 17.3. The summed E-state index contributed by atoms with van der Waals surface area (Å²) in [5.74, 6) is 1.36. The van der Waals surface area contributed by atoms with Crippen LogP contribution in [0.15, 0.2) is 160 Å². The van der Waals surface area contributed by atoms with E-state index in [-0.39, 0.29) is 0 Å². The van der Waals surface area contributed by atoms with Crippen molar-refractivity contribution < 1.29 is 8.83 Å². The van der Waals surface area contributed by atoms with Gasteiger partial charge in [0.2, 0.25) is 0 Å². The van der Waals surface area contributed by atoms with E-state index in [1.165, 1.54) is 0 Å². The topological polar surface area (TPSA) is 93.7 Å². The first kappa shape index (κ1) is 29.2. The Labute approximate surface area is 301 Å². The third-order valence-corrected chi connectivity index (χ3v) is 10.1. The number of fused-ring (bicyclic) bond motifs is 10. The zero-order valence-corrected chi connectivity index (χ0v) is 28.0. The fourth-order valence-corrected chi connectivity index (χ4v) is 7.77. The highest BCUT2D eigenvalue weighted by molar-refractivity contribution is 6.23. The van der Waals surface area contributed by atoms with E-state index >= 15 is 0 Å². The van der Waals surface area contributed by atoms with Crippen molar-refractivity contribution in [3.63, 3.8) is 0 Å². The number of rotatable bonds is 4. The van der Waals surface area contributed by atoms with Gasteiger partial charge >= 0.3 is 0 Å². The first-order chi connectivity index (χ1) is 26.2. The van der Waals surface area contributed by atoms with E-state index in [2.05, 4.69) is 53.1 Å². The highest BCUT2D eigenvalue weighted by atomic mass is 16.3. The number of para-hydroxylation sites is 3. The van der Waals surface area contributed by atoms with E-state index < -0.39 is 0 Å². The van der Waals surface area contributed by atoms with Gasteiger partial charge in [-0.3, -0.25) is 0 Å². The standard InChI is InChI=1S/C46H25N5O2/c47-26-29-25-36(51-35-20-10-7-17-30(35)32-23-24-33-31-18-8-11-21-37(31)52-42(33)41(32)51)40-34-19-9-12-22-38(34)53-43(40)39(29)46-49-44(27-13-3-1-4-14-27)48-45(50-46)28-15-5-2-6-16-28/h1-25H. The van der Waals surface area contributed by atoms with Gasteiger partial charge in [-0.2, -0.15) is 5.26 Å². The smallest absolute Gasteiger partial charge is 0.169 e. The van der Waals surface area contributed by atoms with Gasteiger partial charge < -0.3 is 13.4 Å². The molecule has 0 N–H and O–H groups in total. The summed E-state index contributed by atoms with van der Waals surface area (Å²) in [5, 5.41) is 17.0. The lowest BCUT2D eigenvalue weighted by Crippen LogP contribution is -2.03. The van der Waals surface area contributed by atoms with Crippen LogP contribution in [0.2, 0.25) is 0 Å². The van der Waals surface area contributed by atoms with E-state index in [0.717, 1.165) is 71.3 Å². The maximum absolute atomic E-state index is 11.0. The summed E-state index contributed by atoms with van der Waals surface area (Å²) in [6.07, 6.45) is 0. The molecule has 246 valence electrons. The summed E-state index contributed by atoms with van der Waals surface area (Å²) < 4.78 is 15.7. The molecule has 0 aliphatic heterocycles. The lowest BCUT2D eigenvalue weighted by atomic mass is 10.00. The Bertz CT molecular complexity index is 3240. The lowest BCUT2D eigenvalue weighted by Gasteiger charge is -2.14. The number of hydrogen-bond acceptors (Lipinski definition) is 6. The minimum absolute atomic E-state index is 0.353. The van der Waals surface area contributed by atoms with E-state index in [0.29, 0.717) is 39.8 Å². The lowest BCUT2D eigenvalue weighted by molar-refractivity contribution is 0.668. The summed E-state index contributed by atoms with van der Waals surface area (Å²) >= 11 is 0. The van der Waals surface area contributed by atoms with Crippen molar-refractivity contribution in [3.05, 3.63) is 157 Å². The van der Waals surface area contributed by atoms with Gasteiger partial charge in [-0.1, -0.05) is 121 Å². The molecule has 0 unspecified atom stereocenters. The van der Waals surface area contributed by atoms with Gasteiger partial charge in [0, 0.05) is 38.1 Å². The van der Waals surface area contributed by atoms with Gasteiger partial charge in [-0.05, 0) is 30.3 Å². The van der Waals surface area contributed by atoms with Gasteiger partial charge in [0.25, 0.3) is 0 Å². The molecule has 53 heavy (non-hydrogen) atoms. The van der Waals surface area contributed by atoms with Crippen molar-refractivity contribution in [1.82, 2.24) is 19.5 Å². The van der Waals surface area contributed by atoms with Crippen LogP contribution >= 0.6 is 0 Å². The second-order valence-corrected chi connectivity index (χ2v) is 13.1. The van der Waals surface area contributed by atoms with Crippen LogP contribution in [0.3, 0.4) is 0 Å². The summed E-state index contributed by atoms with van der Waals surface area (Å²) in [6.45, 7) is 0. The molecule has 0 spiro atoms. The van der Waals surface area contributed by atoms with Gasteiger partial charge in [0.15, 0.2) is 23.1 Å². The molecule has 0 saturated heterocycles. The van der Waals surface area contributed by atoms with Crippen molar-refractivity contribution in [1.29, 1.82) is 5.26 Å². The average molecular weight is 680 g/mol. The van der Waals surface area contributed by atoms with E-state index in [4.69, 9.17) is 23.8 Å². The van der Waals surface area contributed by atoms with Crippen LogP contribution in [0, 0.1) is 11.3 Å². The number of benzene rings is 7. The molecule has 11 aromatic rings. The zero-order valence-electron chi connectivity index (χ0n) is 28.0. The molecule has 0 aliphatic carbocycles. The van der Waals surface area contributed by atoms with Crippen LogP contribution in [-0.4, -0.2) is 19.5 Å². The van der Waals surface area contributed by atoms with Gasteiger partial charge in [0.05, 0.1) is 33.2 Å². The summed E-state index contributed by atoms with van der Waals surface area (Å²) in [4.78, 5) is 15.0. The van der Waals surface area contributed by atoms with Gasteiger partial charge in [0.1, 0.15) is 22.8 Å². The molecule has 4 heterocycles. The number of nitriles is 1. The second kappa shape index (κ2) is 11.2. The Morgan fingerprint density at radius 1 is 0.491 bits per heavy atom. The summed E-state index contributed by atoms with van der Waals surface area (Å²) in [5.41, 5.74) is 8.06. The van der Waals surface area contributed by atoms with Crippen molar-refractivity contribution in [2.24, 2.45) is 0 Å². The molecule has 0 aliphatic rings. The molecular weight excluding hydrogens is 655 g/mol. The van der Waals surface area contributed by atoms with Crippen molar-refractivity contribution in [3.8, 4) is 45.9 Å². The quantitative estimate of drug-likeness (QED) is 0.184. The normalized spacial score (nSPS) is 11.8. The molecule has 0 bridgehead atoms. The van der Waals surface area contributed by atoms with Crippen LogP contribution in [-0.2, 0) is 0 Å². The Morgan fingerprint density at radius 2 is 1.04 bits per heavy atom. The number of aromatic nitrogens is 4. The maximum Gasteiger partial charge on any atom is 0.169 e. The molecule has 0 saturated carbocycles. The Morgan fingerprint density at radius 3 is 1.74 bits per heavy atom. The third-order valence-electron chi connectivity index (χ3n) is 10.1. The monoisotopic (exact) mass is 679 g/mol. The SMILES string of the molecule is N#Cc1cc(-n2c3ccccc3c3ccc4c5ccccc5oc4c32)c2c(oc3ccccc32)c1-c1nc(-c2ccccc2)nc(-c2ccccc2)n1. The number of nitrogens with zero attached hydrogens (tertiary/aromatic N) is 5. The van der Waals surface area contributed by atoms with Crippen LogP contribution in [0.1, 0.15) is 5.56 Å².